The first-order chi connectivity index (χ1) is 17.1. The van der Waals surface area contributed by atoms with Crippen molar-refractivity contribution in [3.05, 3.63) is 76.0 Å². The van der Waals surface area contributed by atoms with Crippen LogP contribution in [0.2, 0.25) is 0 Å². The number of hydrogen-bond acceptors (Lipinski definition) is 10. The van der Waals surface area contributed by atoms with Crippen molar-refractivity contribution in [1.29, 1.82) is 0 Å². The Morgan fingerprint density at radius 1 is 1.09 bits per heavy atom. The van der Waals surface area contributed by atoms with Crippen molar-refractivity contribution in [3.8, 4) is 11.5 Å². The summed E-state index contributed by atoms with van der Waals surface area (Å²) in [6, 6.07) is 14.6. The van der Waals surface area contributed by atoms with E-state index in [1.54, 1.807) is 35.8 Å². The molecule has 12 heteroatoms. The van der Waals surface area contributed by atoms with Gasteiger partial charge < -0.3 is 14.2 Å². The Bertz CT molecular complexity index is 1460. The fraction of sp³-hybridized carbons (Fsp3) is 0.217. The number of aromatic nitrogens is 5. The second kappa shape index (κ2) is 10.7. The van der Waals surface area contributed by atoms with Crippen molar-refractivity contribution >= 4 is 39.2 Å². The first-order valence-corrected chi connectivity index (χ1v) is 12.6. The summed E-state index contributed by atoms with van der Waals surface area (Å²) in [5, 5.41) is 16.5. The number of fused-ring (bicyclic) bond motifs is 1. The van der Waals surface area contributed by atoms with Crippen LogP contribution < -0.4 is 10.9 Å². The van der Waals surface area contributed by atoms with Crippen LogP contribution in [0.1, 0.15) is 10.9 Å². The van der Waals surface area contributed by atoms with Crippen LogP contribution in [0, 0.1) is 0 Å². The highest BCUT2D eigenvalue weighted by Gasteiger charge is 2.12. The molecule has 5 rings (SSSR count). The zero-order valence-electron chi connectivity index (χ0n) is 18.4. The van der Waals surface area contributed by atoms with Crippen LogP contribution in [0.3, 0.4) is 0 Å². The molecule has 0 aliphatic rings. The van der Waals surface area contributed by atoms with Gasteiger partial charge in [0.15, 0.2) is 5.76 Å². The highest BCUT2D eigenvalue weighted by molar-refractivity contribution is 7.99. The second-order valence-corrected chi connectivity index (χ2v) is 9.47. The van der Waals surface area contributed by atoms with E-state index in [1.807, 2.05) is 18.2 Å². The van der Waals surface area contributed by atoms with Gasteiger partial charge in [0.05, 0.1) is 33.8 Å². The normalized spacial score (nSPS) is 11.2. The maximum Gasteiger partial charge on any atom is 0.277 e. The van der Waals surface area contributed by atoms with Crippen LogP contribution >= 0.6 is 23.1 Å². The highest BCUT2D eigenvalue weighted by atomic mass is 32.2. The maximum atomic E-state index is 12.2. The van der Waals surface area contributed by atoms with Crippen molar-refractivity contribution in [1.82, 2.24) is 30.3 Å². The van der Waals surface area contributed by atoms with E-state index in [0.717, 1.165) is 27.0 Å². The molecule has 0 radical (unpaired) electrons. The lowest BCUT2D eigenvalue weighted by Crippen LogP contribution is -2.32. The Labute approximate surface area is 207 Å². The fourth-order valence-corrected chi connectivity index (χ4v) is 4.86. The van der Waals surface area contributed by atoms with E-state index >= 15 is 0 Å². The number of aryl methyl sites for hydroxylation is 2. The SMILES string of the molecule is O=C(CSc1nnc(CCc2nc3ccccc3s2)o1)NCCn1nc(-c2ccco2)ccc1=O. The largest absolute Gasteiger partial charge is 0.463 e. The molecule has 1 aromatic carbocycles. The van der Waals surface area contributed by atoms with E-state index in [9.17, 15) is 9.59 Å². The molecule has 5 aromatic rings. The fourth-order valence-electron chi connectivity index (χ4n) is 3.28. The van der Waals surface area contributed by atoms with Gasteiger partial charge in [0, 0.05) is 25.5 Å². The third-order valence-corrected chi connectivity index (χ3v) is 6.87. The van der Waals surface area contributed by atoms with Gasteiger partial charge in [0.1, 0.15) is 5.69 Å². The van der Waals surface area contributed by atoms with Crippen molar-refractivity contribution in [2.75, 3.05) is 12.3 Å². The number of rotatable bonds is 10. The van der Waals surface area contributed by atoms with Crippen LogP contribution in [-0.2, 0) is 24.2 Å². The number of thioether (sulfide) groups is 1. The topological polar surface area (TPSA) is 129 Å². The molecule has 0 fully saturated rings. The third kappa shape index (κ3) is 5.84. The summed E-state index contributed by atoms with van der Waals surface area (Å²) in [6.07, 6.45) is 2.83. The van der Waals surface area contributed by atoms with Crippen LogP contribution in [0.5, 0.6) is 0 Å². The number of hydrogen-bond donors (Lipinski definition) is 1. The highest BCUT2D eigenvalue weighted by Crippen LogP contribution is 2.23. The molecule has 0 bridgehead atoms. The van der Waals surface area contributed by atoms with Crippen molar-refractivity contribution in [2.45, 2.75) is 24.6 Å². The van der Waals surface area contributed by atoms with E-state index in [0.29, 0.717) is 35.4 Å². The Kier molecular flexibility index (Phi) is 7.00. The summed E-state index contributed by atoms with van der Waals surface area (Å²) in [5.41, 5.74) is 1.28. The summed E-state index contributed by atoms with van der Waals surface area (Å²) in [6.45, 7) is 0.491. The second-order valence-electron chi connectivity index (χ2n) is 7.43. The molecule has 0 unspecified atom stereocenters. The Hall–Kier alpha value is -3.77. The number of para-hydroxylation sites is 1. The van der Waals surface area contributed by atoms with Gasteiger partial charge >= 0.3 is 0 Å². The van der Waals surface area contributed by atoms with Crippen LogP contribution in [-0.4, -0.2) is 43.2 Å². The van der Waals surface area contributed by atoms with Gasteiger partial charge in [-0.3, -0.25) is 9.59 Å². The number of carbonyl (C=O) groups excluding carboxylic acids is 1. The van der Waals surface area contributed by atoms with Gasteiger partial charge in [-0.1, -0.05) is 23.9 Å². The molecular formula is C23H20N6O4S2. The van der Waals surface area contributed by atoms with Crippen LogP contribution in [0.15, 0.2) is 73.6 Å². The van der Waals surface area contributed by atoms with Crippen molar-refractivity contribution in [2.24, 2.45) is 0 Å². The van der Waals surface area contributed by atoms with Gasteiger partial charge in [0.2, 0.25) is 11.8 Å². The quantitative estimate of drug-likeness (QED) is 0.283. The standard InChI is InChI=1S/C23H20N6O4S2/c30-19(24-11-12-29-22(31)10-7-15(28-29)17-5-3-13-32-17)14-34-23-27-26-20(33-23)8-9-21-25-16-4-1-2-6-18(16)35-21/h1-7,10,13H,8-9,11-12,14H2,(H,24,30). The molecule has 1 amide bonds. The third-order valence-electron chi connectivity index (χ3n) is 4.95. The van der Waals surface area contributed by atoms with Gasteiger partial charge in [-0.25, -0.2) is 9.67 Å². The van der Waals surface area contributed by atoms with E-state index in [4.69, 9.17) is 8.83 Å². The molecular weight excluding hydrogens is 488 g/mol. The summed E-state index contributed by atoms with van der Waals surface area (Å²) in [5.74, 6) is 0.987. The molecule has 178 valence electrons. The molecule has 1 N–H and O–H groups in total. The molecule has 10 nitrogen and oxygen atoms in total. The zero-order valence-corrected chi connectivity index (χ0v) is 20.1. The molecule has 0 spiro atoms. The Balaban J connectivity index is 1.06. The number of benzene rings is 1. The van der Waals surface area contributed by atoms with E-state index < -0.39 is 0 Å². The lowest BCUT2D eigenvalue weighted by Gasteiger charge is -2.07. The Morgan fingerprint density at radius 2 is 2.00 bits per heavy atom. The lowest BCUT2D eigenvalue weighted by atomic mass is 10.3. The summed E-state index contributed by atoms with van der Waals surface area (Å²) in [7, 11) is 0. The van der Waals surface area contributed by atoms with Crippen LogP contribution in [0.4, 0.5) is 0 Å². The summed E-state index contributed by atoms with van der Waals surface area (Å²) < 4.78 is 13.4. The predicted octanol–water partition coefficient (Wildman–Crippen LogP) is 3.19. The monoisotopic (exact) mass is 508 g/mol. The first-order valence-electron chi connectivity index (χ1n) is 10.8. The van der Waals surface area contributed by atoms with E-state index in [2.05, 4.69) is 31.7 Å². The molecule has 0 atom stereocenters. The van der Waals surface area contributed by atoms with Gasteiger partial charge in [0.25, 0.3) is 10.8 Å². The predicted molar refractivity (Wildman–Crippen MR) is 131 cm³/mol. The average Bonchev–Trinajstić information content (AvgIpc) is 3.63. The molecule has 0 saturated heterocycles. The van der Waals surface area contributed by atoms with E-state index in [-0.39, 0.29) is 30.3 Å². The minimum Gasteiger partial charge on any atom is -0.463 e. The number of furan rings is 1. The van der Waals surface area contributed by atoms with Crippen molar-refractivity contribution in [3.63, 3.8) is 0 Å². The van der Waals surface area contributed by atoms with Gasteiger partial charge in [-0.05, 0) is 30.3 Å². The summed E-state index contributed by atoms with van der Waals surface area (Å²) in [4.78, 5) is 28.8. The zero-order chi connectivity index (χ0) is 24.0. The Morgan fingerprint density at radius 3 is 2.86 bits per heavy atom. The number of nitrogens with zero attached hydrogens (tertiary/aromatic N) is 5. The minimum atomic E-state index is -0.256. The molecule has 4 heterocycles. The maximum absolute atomic E-state index is 12.2. The molecule has 0 saturated carbocycles. The molecule has 35 heavy (non-hydrogen) atoms. The van der Waals surface area contributed by atoms with E-state index in [1.165, 1.54) is 10.7 Å². The number of nitrogens with one attached hydrogen (secondary N) is 1. The van der Waals surface area contributed by atoms with Gasteiger partial charge in [-0.2, -0.15) is 5.10 Å². The van der Waals surface area contributed by atoms with Crippen molar-refractivity contribution < 1.29 is 13.6 Å². The number of amides is 1. The number of thiazole rings is 1. The van der Waals surface area contributed by atoms with Crippen LogP contribution in [0.25, 0.3) is 21.7 Å². The molecule has 4 aromatic heterocycles. The number of carbonyl (C=O) groups is 1. The summed E-state index contributed by atoms with van der Waals surface area (Å²) >= 11 is 2.82. The molecule has 0 aliphatic heterocycles. The smallest absolute Gasteiger partial charge is 0.277 e. The average molecular weight is 509 g/mol. The minimum absolute atomic E-state index is 0.119. The molecule has 0 aliphatic carbocycles. The first kappa shape index (κ1) is 23.0. The lowest BCUT2D eigenvalue weighted by molar-refractivity contribution is -0.118. The van der Waals surface area contributed by atoms with Gasteiger partial charge in [-0.15, -0.1) is 21.5 Å².